The van der Waals surface area contributed by atoms with Gasteiger partial charge in [-0.15, -0.1) is 10.2 Å². The monoisotopic (exact) mass is 510 g/mol. The first-order chi connectivity index (χ1) is 17.3. The van der Waals surface area contributed by atoms with Crippen molar-refractivity contribution in [3.8, 4) is 0 Å². The highest BCUT2D eigenvalue weighted by molar-refractivity contribution is 5.85. The Kier molecular flexibility index (Phi) is 9.73. The molecule has 200 valence electrons. The molecule has 1 atom stereocenters. The summed E-state index contributed by atoms with van der Waals surface area (Å²) in [5, 5.41) is 11.7. The van der Waals surface area contributed by atoms with Gasteiger partial charge in [0.05, 0.1) is 32.0 Å². The Balaban J connectivity index is 0.00000380. The summed E-state index contributed by atoms with van der Waals surface area (Å²) in [7, 11) is 0. The zero-order valence-electron chi connectivity index (χ0n) is 20.9. The van der Waals surface area contributed by atoms with Gasteiger partial charge in [0, 0.05) is 25.2 Å². The second-order valence-corrected chi connectivity index (χ2v) is 9.51. The third-order valence-electron chi connectivity index (χ3n) is 6.09. The number of carbonyl (C=O) groups is 2. The number of carbonyl (C=O) groups excluding carboxylic acids is 2. The van der Waals surface area contributed by atoms with E-state index < -0.39 is 11.6 Å². The molecule has 37 heavy (non-hydrogen) atoms. The van der Waals surface area contributed by atoms with E-state index in [4.69, 9.17) is 15.2 Å². The molecule has 0 aliphatic carbocycles. The van der Waals surface area contributed by atoms with Crippen molar-refractivity contribution in [1.29, 1.82) is 0 Å². The number of morpholine rings is 1. The first-order valence-corrected chi connectivity index (χ1v) is 12.2. The van der Waals surface area contributed by atoms with Gasteiger partial charge in [0.1, 0.15) is 6.04 Å². The van der Waals surface area contributed by atoms with E-state index in [1.54, 1.807) is 13.8 Å². The average Bonchev–Trinajstić information content (AvgIpc) is 3.32. The molecular formula is C27H38N6O4. The molecule has 2 aromatic heterocycles. The number of fused-ring (bicyclic) bond motifs is 1. The van der Waals surface area contributed by atoms with Gasteiger partial charge in [-0.25, -0.2) is 0 Å². The number of nitrogens with zero attached hydrogens (tertiary/aromatic N) is 4. The molecule has 1 saturated heterocycles. The first-order valence-electron chi connectivity index (χ1n) is 12.2. The van der Waals surface area contributed by atoms with Crippen LogP contribution in [0.5, 0.6) is 0 Å². The van der Waals surface area contributed by atoms with Gasteiger partial charge in [-0.05, 0) is 38.0 Å². The standard InChI is InChI=1S/C26H34N6O4.CH4/c1-26(2,27)25(34)28-21(18-36-17-19-7-4-3-5-8-19)24-30-29-22-10-6-9-20(32(22)24)11-12-23(33)31-13-15-35-16-14-31;/h3-10,21H,11-18,27H2,1-2H3,(H,28,34);1H4/t21-;/m1./s1. The first kappa shape index (κ1) is 28.2. The van der Waals surface area contributed by atoms with Crippen LogP contribution in [0.1, 0.15) is 50.8 Å². The molecule has 0 radical (unpaired) electrons. The molecule has 0 saturated carbocycles. The number of aromatic nitrogens is 3. The van der Waals surface area contributed by atoms with Crippen LogP contribution in [0.25, 0.3) is 5.65 Å². The van der Waals surface area contributed by atoms with Crippen molar-refractivity contribution < 1.29 is 19.1 Å². The highest BCUT2D eigenvalue weighted by Gasteiger charge is 2.28. The van der Waals surface area contributed by atoms with Crippen molar-refractivity contribution in [2.24, 2.45) is 5.73 Å². The molecular weight excluding hydrogens is 472 g/mol. The molecule has 0 bridgehead atoms. The molecule has 3 aromatic rings. The van der Waals surface area contributed by atoms with E-state index in [2.05, 4.69) is 15.5 Å². The molecule has 0 unspecified atom stereocenters. The number of benzene rings is 1. The summed E-state index contributed by atoms with van der Waals surface area (Å²) in [6.07, 6.45) is 0.862. The Morgan fingerprint density at radius 1 is 1.11 bits per heavy atom. The Morgan fingerprint density at radius 3 is 2.54 bits per heavy atom. The lowest BCUT2D eigenvalue weighted by Gasteiger charge is -2.27. The maximum atomic E-state index is 12.8. The van der Waals surface area contributed by atoms with Gasteiger partial charge in [0.25, 0.3) is 0 Å². The Bertz CT molecular complexity index is 1170. The lowest BCUT2D eigenvalue weighted by atomic mass is 10.1. The van der Waals surface area contributed by atoms with Crippen LogP contribution in [0.4, 0.5) is 0 Å². The van der Waals surface area contributed by atoms with Crippen LogP contribution in [-0.4, -0.2) is 69.8 Å². The Labute approximate surface area is 218 Å². The van der Waals surface area contributed by atoms with Gasteiger partial charge in [0.2, 0.25) is 11.8 Å². The second-order valence-electron chi connectivity index (χ2n) is 9.51. The fourth-order valence-electron chi connectivity index (χ4n) is 4.05. The molecule has 1 aliphatic heterocycles. The summed E-state index contributed by atoms with van der Waals surface area (Å²) in [4.78, 5) is 27.4. The number of nitrogens with one attached hydrogen (secondary N) is 1. The molecule has 1 fully saturated rings. The van der Waals surface area contributed by atoms with Gasteiger partial charge in [-0.1, -0.05) is 43.8 Å². The topological polar surface area (TPSA) is 124 Å². The van der Waals surface area contributed by atoms with Gasteiger partial charge in [-0.2, -0.15) is 0 Å². The molecule has 10 heteroatoms. The van der Waals surface area contributed by atoms with Crippen LogP contribution >= 0.6 is 0 Å². The normalized spacial score (nSPS) is 14.7. The van der Waals surface area contributed by atoms with Crippen molar-refractivity contribution in [3.05, 3.63) is 65.6 Å². The van der Waals surface area contributed by atoms with Crippen molar-refractivity contribution in [3.63, 3.8) is 0 Å². The van der Waals surface area contributed by atoms with E-state index in [0.29, 0.717) is 57.2 Å². The summed E-state index contributed by atoms with van der Waals surface area (Å²) in [6, 6.07) is 14.9. The molecule has 0 spiro atoms. The number of nitrogens with two attached hydrogens (primary N) is 1. The van der Waals surface area contributed by atoms with Crippen molar-refractivity contribution in [2.45, 2.75) is 52.3 Å². The molecule has 3 N–H and O–H groups in total. The highest BCUT2D eigenvalue weighted by atomic mass is 16.5. The van der Waals surface area contributed by atoms with E-state index >= 15 is 0 Å². The van der Waals surface area contributed by atoms with Crippen molar-refractivity contribution in [2.75, 3.05) is 32.9 Å². The second kappa shape index (κ2) is 12.8. The van der Waals surface area contributed by atoms with Crippen LogP contribution < -0.4 is 11.1 Å². The summed E-state index contributed by atoms with van der Waals surface area (Å²) in [5.74, 6) is 0.295. The highest BCUT2D eigenvalue weighted by Crippen LogP contribution is 2.19. The molecule has 2 amide bonds. The molecule has 10 nitrogen and oxygen atoms in total. The predicted octanol–water partition coefficient (Wildman–Crippen LogP) is 2.27. The summed E-state index contributed by atoms with van der Waals surface area (Å²) in [6.45, 7) is 6.22. The van der Waals surface area contributed by atoms with Crippen LogP contribution in [-0.2, 0) is 32.1 Å². The van der Waals surface area contributed by atoms with E-state index in [1.165, 1.54) is 0 Å². The zero-order valence-corrected chi connectivity index (χ0v) is 20.9. The van der Waals surface area contributed by atoms with E-state index in [9.17, 15) is 9.59 Å². The number of rotatable bonds is 10. The van der Waals surface area contributed by atoms with E-state index in [-0.39, 0.29) is 25.8 Å². The van der Waals surface area contributed by atoms with Crippen LogP contribution in [0, 0.1) is 0 Å². The zero-order chi connectivity index (χ0) is 25.5. The number of hydrogen-bond acceptors (Lipinski definition) is 7. The van der Waals surface area contributed by atoms with Gasteiger partial charge in [-0.3, -0.25) is 14.0 Å². The molecule has 1 aliphatic rings. The SMILES string of the molecule is C.CC(C)(N)C(=O)N[C@H](COCc1ccccc1)c1nnc2cccc(CCC(=O)N3CCOCC3)n12. The van der Waals surface area contributed by atoms with Crippen LogP contribution in [0.15, 0.2) is 48.5 Å². The smallest absolute Gasteiger partial charge is 0.240 e. The van der Waals surface area contributed by atoms with Gasteiger partial charge >= 0.3 is 0 Å². The number of pyridine rings is 1. The summed E-state index contributed by atoms with van der Waals surface area (Å²) < 4.78 is 13.2. The summed E-state index contributed by atoms with van der Waals surface area (Å²) >= 11 is 0. The fourth-order valence-corrected chi connectivity index (χ4v) is 4.05. The number of amides is 2. The minimum atomic E-state index is -1.08. The lowest BCUT2D eigenvalue weighted by molar-refractivity contribution is -0.135. The number of ether oxygens (including phenoxy) is 2. The molecule has 4 rings (SSSR count). The largest absolute Gasteiger partial charge is 0.378 e. The van der Waals surface area contributed by atoms with Crippen LogP contribution in [0.2, 0.25) is 0 Å². The molecule has 3 heterocycles. The maximum absolute atomic E-state index is 12.8. The third kappa shape index (κ3) is 7.34. The predicted molar refractivity (Wildman–Crippen MR) is 141 cm³/mol. The Morgan fingerprint density at radius 2 is 1.84 bits per heavy atom. The third-order valence-corrected chi connectivity index (χ3v) is 6.09. The van der Waals surface area contributed by atoms with Gasteiger partial charge in [0.15, 0.2) is 11.5 Å². The average molecular weight is 511 g/mol. The molecule has 1 aromatic carbocycles. The minimum Gasteiger partial charge on any atom is -0.378 e. The lowest BCUT2D eigenvalue weighted by Crippen LogP contribution is -2.51. The number of aryl methyl sites for hydroxylation is 1. The maximum Gasteiger partial charge on any atom is 0.240 e. The van der Waals surface area contributed by atoms with E-state index in [1.807, 2.05) is 57.8 Å². The van der Waals surface area contributed by atoms with E-state index in [0.717, 1.165) is 11.3 Å². The van der Waals surface area contributed by atoms with Crippen molar-refractivity contribution in [1.82, 2.24) is 24.8 Å². The fraction of sp³-hybridized carbons (Fsp3) is 0.481. The number of hydrogen-bond donors (Lipinski definition) is 2. The van der Waals surface area contributed by atoms with Gasteiger partial charge < -0.3 is 25.4 Å². The van der Waals surface area contributed by atoms with Crippen molar-refractivity contribution >= 4 is 17.5 Å². The quantitative estimate of drug-likeness (QED) is 0.429. The van der Waals surface area contributed by atoms with Crippen LogP contribution in [0.3, 0.4) is 0 Å². The Hall–Kier alpha value is -3.34. The minimum absolute atomic E-state index is 0. The summed E-state index contributed by atoms with van der Waals surface area (Å²) in [5.41, 5.74) is 7.51.